The van der Waals surface area contributed by atoms with Gasteiger partial charge in [0.05, 0.1) is 17.2 Å². The van der Waals surface area contributed by atoms with E-state index < -0.39 is 5.41 Å². The summed E-state index contributed by atoms with van der Waals surface area (Å²) in [5.74, 6) is 0. The first kappa shape index (κ1) is 13.2. The molecule has 88 valence electrons. The van der Waals surface area contributed by atoms with Crippen LogP contribution in [0.2, 0.25) is 0 Å². The standard InChI is InChI=1S/C13H11N5/c1-13(2,9-16)10-4-3-5-11(6-10)17-18-12(7-14)8-15/h3-6,17H,1-2H3. The molecule has 1 aromatic carbocycles. The molecule has 1 aromatic rings. The van der Waals surface area contributed by atoms with E-state index in [9.17, 15) is 0 Å². The molecule has 5 heteroatoms. The van der Waals surface area contributed by atoms with Gasteiger partial charge in [0.1, 0.15) is 12.1 Å². The highest BCUT2D eigenvalue weighted by molar-refractivity contribution is 6.10. The van der Waals surface area contributed by atoms with E-state index in [1.807, 2.05) is 19.9 Å². The van der Waals surface area contributed by atoms with Crippen LogP contribution in [0.3, 0.4) is 0 Å². The Morgan fingerprint density at radius 1 is 1.22 bits per heavy atom. The van der Waals surface area contributed by atoms with Crippen LogP contribution in [0, 0.1) is 34.0 Å². The van der Waals surface area contributed by atoms with Crippen molar-refractivity contribution < 1.29 is 0 Å². The average molecular weight is 237 g/mol. The number of nitriles is 3. The topological polar surface area (TPSA) is 95.8 Å². The summed E-state index contributed by atoms with van der Waals surface area (Å²) < 4.78 is 0. The molecule has 5 nitrogen and oxygen atoms in total. The smallest absolute Gasteiger partial charge is 0.237 e. The van der Waals surface area contributed by atoms with Crippen LogP contribution in [0.15, 0.2) is 29.4 Å². The Morgan fingerprint density at radius 3 is 2.44 bits per heavy atom. The Hall–Kier alpha value is -2.84. The second kappa shape index (κ2) is 5.48. The molecule has 0 radical (unpaired) electrons. The van der Waals surface area contributed by atoms with Crippen molar-refractivity contribution in [2.75, 3.05) is 5.43 Å². The maximum atomic E-state index is 9.05. The van der Waals surface area contributed by atoms with Crippen LogP contribution in [0.5, 0.6) is 0 Å². The second-order valence-electron chi connectivity index (χ2n) is 4.11. The van der Waals surface area contributed by atoms with Gasteiger partial charge in [-0.05, 0) is 31.5 Å². The van der Waals surface area contributed by atoms with Crippen LogP contribution in [0.4, 0.5) is 5.69 Å². The van der Waals surface area contributed by atoms with E-state index in [2.05, 4.69) is 16.6 Å². The fourth-order valence-corrected chi connectivity index (χ4v) is 1.24. The first-order valence-corrected chi connectivity index (χ1v) is 5.19. The Kier molecular flexibility index (Phi) is 4.02. The minimum atomic E-state index is -0.602. The van der Waals surface area contributed by atoms with Gasteiger partial charge in [0.15, 0.2) is 0 Å². The predicted octanol–water partition coefficient (Wildman–Crippen LogP) is 2.30. The summed E-state index contributed by atoms with van der Waals surface area (Å²) in [5, 5.41) is 29.8. The zero-order valence-electron chi connectivity index (χ0n) is 10.1. The summed E-state index contributed by atoms with van der Waals surface area (Å²) in [4.78, 5) is 0. The van der Waals surface area contributed by atoms with Gasteiger partial charge in [-0.3, -0.25) is 5.43 Å². The molecule has 0 heterocycles. The molecule has 1 rings (SSSR count). The zero-order valence-corrected chi connectivity index (χ0v) is 10.1. The Labute approximate surface area is 106 Å². The fourth-order valence-electron chi connectivity index (χ4n) is 1.24. The van der Waals surface area contributed by atoms with Gasteiger partial charge >= 0.3 is 0 Å². The lowest BCUT2D eigenvalue weighted by Gasteiger charge is -2.16. The molecule has 0 aliphatic carbocycles. The van der Waals surface area contributed by atoms with Crippen molar-refractivity contribution in [3.63, 3.8) is 0 Å². The third-order valence-electron chi connectivity index (χ3n) is 2.37. The number of nitrogens with one attached hydrogen (secondary N) is 1. The van der Waals surface area contributed by atoms with Crippen LogP contribution in [0.1, 0.15) is 19.4 Å². The summed E-state index contributed by atoms with van der Waals surface area (Å²) >= 11 is 0. The highest BCUT2D eigenvalue weighted by Crippen LogP contribution is 2.24. The number of hydrogen-bond donors (Lipinski definition) is 1. The summed E-state index contributed by atoms with van der Waals surface area (Å²) in [6.45, 7) is 3.62. The first-order chi connectivity index (χ1) is 8.53. The van der Waals surface area contributed by atoms with Gasteiger partial charge in [0.2, 0.25) is 5.71 Å². The predicted molar refractivity (Wildman–Crippen MR) is 67.4 cm³/mol. The molecule has 0 aliphatic heterocycles. The van der Waals surface area contributed by atoms with Crippen molar-refractivity contribution in [3.8, 4) is 18.2 Å². The lowest BCUT2D eigenvalue weighted by atomic mass is 9.86. The van der Waals surface area contributed by atoms with Crippen LogP contribution in [0.25, 0.3) is 0 Å². The summed E-state index contributed by atoms with van der Waals surface area (Å²) in [7, 11) is 0. The maximum Gasteiger partial charge on any atom is 0.237 e. The number of hydrogen-bond acceptors (Lipinski definition) is 5. The third kappa shape index (κ3) is 3.07. The molecule has 1 N–H and O–H groups in total. The molecule has 0 amide bonds. The van der Waals surface area contributed by atoms with Gasteiger partial charge < -0.3 is 0 Å². The molecule has 0 aromatic heterocycles. The first-order valence-electron chi connectivity index (χ1n) is 5.19. The largest absolute Gasteiger partial charge is 0.277 e. The third-order valence-corrected chi connectivity index (χ3v) is 2.37. The number of benzene rings is 1. The van der Waals surface area contributed by atoms with E-state index >= 15 is 0 Å². The van der Waals surface area contributed by atoms with Crippen LogP contribution in [-0.4, -0.2) is 5.71 Å². The Balaban J connectivity index is 3.00. The van der Waals surface area contributed by atoms with Gasteiger partial charge in [-0.25, -0.2) is 0 Å². The van der Waals surface area contributed by atoms with E-state index in [1.54, 1.807) is 30.3 Å². The molecule has 0 spiro atoms. The molecular formula is C13H11N5. The summed E-state index contributed by atoms with van der Waals surface area (Å²) in [5.41, 5.74) is 3.22. The molecule has 0 fully saturated rings. The zero-order chi connectivity index (χ0) is 13.6. The highest BCUT2D eigenvalue weighted by atomic mass is 15.3. The van der Waals surface area contributed by atoms with Gasteiger partial charge in [-0.2, -0.15) is 20.9 Å². The molecule has 0 saturated carbocycles. The lowest BCUT2D eigenvalue weighted by molar-refractivity contribution is 0.687. The maximum absolute atomic E-state index is 9.05. The van der Waals surface area contributed by atoms with Crippen molar-refractivity contribution >= 4 is 11.4 Å². The summed E-state index contributed by atoms with van der Waals surface area (Å²) in [6.07, 6.45) is 0. The lowest BCUT2D eigenvalue weighted by Crippen LogP contribution is -2.13. The van der Waals surface area contributed by atoms with E-state index in [-0.39, 0.29) is 5.71 Å². The fraction of sp³-hybridized carbons (Fsp3) is 0.231. The number of hydrazone groups is 1. The monoisotopic (exact) mass is 237 g/mol. The minimum absolute atomic E-state index is 0.250. The number of nitrogens with zero attached hydrogens (tertiary/aromatic N) is 4. The minimum Gasteiger partial charge on any atom is -0.277 e. The van der Waals surface area contributed by atoms with Gasteiger partial charge in [-0.15, -0.1) is 0 Å². The molecule has 0 aliphatic rings. The quantitative estimate of drug-likeness (QED) is 0.644. The van der Waals surface area contributed by atoms with Crippen molar-refractivity contribution in [2.24, 2.45) is 5.10 Å². The van der Waals surface area contributed by atoms with Crippen molar-refractivity contribution in [3.05, 3.63) is 29.8 Å². The van der Waals surface area contributed by atoms with E-state index in [0.29, 0.717) is 5.69 Å². The highest BCUT2D eigenvalue weighted by Gasteiger charge is 2.19. The van der Waals surface area contributed by atoms with E-state index in [4.69, 9.17) is 15.8 Å². The van der Waals surface area contributed by atoms with Gasteiger partial charge in [-0.1, -0.05) is 12.1 Å². The normalized spacial score (nSPS) is 9.50. The van der Waals surface area contributed by atoms with Crippen LogP contribution >= 0.6 is 0 Å². The number of anilines is 1. The molecule has 0 unspecified atom stereocenters. The van der Waals surface area contributed by atoms with Crippen LogP contribution < -0.4 is 5.43 Å². The molecule has 0 atom stereocenters. The molecule has 0 bridgehead atoms. The van der Waals surface area contributed by atoms with Crippen LogP contribution in [-0.2, 0) is 5.41 Å². The van der Waals surface area contributed by atoms with Gasteiger partial charge in [0, 0.05) is 0 Å². The molecule has 0 saturated heterocycles. The molecular weight excluding hydrogens is 226 g/mol. The van der Waals surface area contributed by atoms with E-state index in [0.717, 1.165) is 5.56 Å². The molecule has 18 heavy (non-hydrogen) atoms. The number of rotatable bonds is 3. The Morgan fingerprint density at radius 2 is 1.89 bits per heavy atom. The average Bonchev–Trinajstić information content (AvgIpc) is 2.40. The summed E-state index contributed by atoms with van der Waals surface area (Å²) in [6, 6.07) is 12.6. The van der Waals surface area contributed by atoms with Crippen molar-refractivity contribution in [2.45, 2.75) is 19.3 Å². The van der Waals surface area contributed by atoms with Crippen molar-refractivity contribution in [1.82, 2.24) is 0 Å². The van der Waals surface area contributed by atoms with Gasteiger partial charge in [0.25, 0.3) is 0 Å². The van der Waals surface area contributed by atoms with E-state index in [1.165, 1.54) is 0 Å². The second-order valence-corrected chi connectivity index (χ2v) is 4.11. The Bertz CT molecular complexity index is 577. The van der Waals surface area contributed by atoms with Crippen molar-refractivity contribution in [1.29, 1.82) is 15.8 Å². The SMILES string of the molecule is CC(C)(C#N)c1cccc(NN=C(C#N)C#N)c1.